The van der Waals surface area contributed by atoms with Crippen LogP contribution in [0.5, 0.6) is 23.0 Å². The largest absolute Gasteiger partial charge is 0.507 e. The van der Waals surface area contributed by atoms with E-state index < -0.39 is 13.4 Å². The molecule has 0 saturated heterocycles. The van der Waals surface area contributed by atoms with Crippen molar-refractivity contribution in [1.82, 2.24) is 0 Å². The number of aromatic hydroxyl groups is 4. The summed E-state index contributed by atoms with van der Waals surface area (Å²) in [5, 5.41) is 53.9. The van der Waals surface area contributed by atoms with E-state index in [-0.39, 0.29) is 78.6 Å². The Hall–Kier alpha value is -4.05. The van der Waals surface area contributed by atoms with Gasteiger partial charge in [-0.2, -0.15) is 0 Å². The van der Waals surface area contributed by atoms with Crippen molar-refractivity contribution in [2.24, 2.45) is 0 Å². The molecule has 0 aliphatic rings. The van der Waals surface area contributed by atoms with Crippen LogP contribution in [0, 0.1) is 6.92 Å². The minimum Gasteiger partial charge on any atom is -0.507 e. The van der Waals surface area contributed by atoms with Gasteiger partial charge in [0.15, 0.2) is 25.1 Å². The predicted molar refractivity (Wildman–Crippen MR) is 238 cm³/mol. The zero-order valence-electron chi connectivity index (χ0n) is 28.3. The number of aldehydes is 3. The fraction of sp³-hybridized carbons (Fsp3) is 0.341. The van der Waals surface area contributed by atoms with Crippen LogP contribution >= 0.6 is 31.9 Å². The van der Waals surface area contributed by atoms with Gasteiger partial charge in [-0.05, 0) is 73.1 Å². The van der Waals surface area contributed by atoms with Gasteiger partial charge >= 0.3 is 7.12 Å². The van der Waals surface area contributed by atoms with Gasteiger partial charge in [-0.3, -0.25) is 14.4 Å². The van der Waals surface area contributed by atoms with Crippen LogP contribution in [0.2, 0.25) is 0 Å². The zero-order valence-corrected chi connectivity index (χ0v) is 31.5. The van der Waals surface area contributed by atoms with E-state index >= 15 is 0 Å². The van der Waals surface area contributed by atoms with Crippen LogP contribution in [0.4, 0.5) is 0 Å². The molecule has 0 fully saturated rings. The van der Waals surface area contributed by atoms with E-state index in [2.05, 4.69) is 31.9 Å². The summed E-state index contributed by atoms with van der Waals surface area (Å²) in [4.78, 5) is 30.7. The quantitative estimate of drug-likeness (QED) is 0.0588. The normalized spacial score (nSPS) is 8.22. The Kier molecular flexibility index (Phi) is 49.7. The molecule has 0 spiro atoms. The highest BCUT2D eigenvalue weighted by Crippen LogP contribution is 2.29. The first-order chi connectivity index (χ1) is 23.3. The first-order valence-electron chi connectivity index (χ1n) is 14.7. The SMILES string of the molecule is C.C.C.C.C.C.CC.CC.COC(OC)c1cc(Br)ccc1O.Cc1ccc(O)c(C=O)c1.O=Cc1cc(B(O)O)ccc1O.O=Cc1cc(Br)ccc1O. The van der Waals surface area contributed by atoms with Gasteiger partial charge in [0.2, 0.25) is 0 Å². The van der Waals surface area contributed by atoms with E-state index in [1.165, 1.54) is 44.6 Å². The third-order valence-electron chi connectivity index (χ3n) is 5.57. The summed E-state index contributed by atoms with van der Waals surface area (Å²) >= 11 is 6.47. The molecule has 0 radical (unpaired) electrons. The molecule has 0 aromatic heterocycles. The number of carbonyl (C=O) groups is 3. The number of hydrogen-bond acceptors (Lipinski definition) is 11. The lowest BCUT2D eigenvalue weighted by Gasteiger charge is -2.14. The Morgan fingerprint density at radius 1 is 0.545 bits per heavy atom. The second kappa shape index (κ2) is 39.6. The summed E-state index contributed by atoms with van der Waals surface area (Å²) in [5.41, 5.74) is 2.45. The standard InChI is InChI=1S/C9H11BrO3.C8H8O2.C7H7BO4.C7H5BrO2.2C2H6.6CH4/c1-12-9(13-2)7-5-6(10)3-4-8(7)11;1-6-2-3-8(10)7(4-6)5-9;9-4-5-3-6(8(11)12)1-2-7(5)10;8-6-1-2-7(10)5(3-6)4-9;2*1-2;;;;;;/h3-5,9,11H,1-2H3;2-5,10H,1H3;1-4,10-12H;1-4,10H;2*1-2H3;6*1H4. The number of ether oxygens (including phenoxy) is 2. The summed E-state index contributed by atoms with van der Waals surface area (Å²) in [6.45, 7) is 9.87. The van der Waals surface area contributed by atoms with Gasteiger partial charge in [0, 0.05) is 23.2 Å². The van der Waals surface area contributed by atoms with Gasteiger partial charge in [0.25, 0.3) is 0 Å². The molecule has 4 aromatic carbocycles. The Morgan fingerprint density at radius 3 is 1.25 bits per heavy atom. The maximum absolute atomic E-state index is 10.3. The lowest BCUT2D eigenvalue weighted by molar-refractivity contribution is -0.107. The van der Waals surface area contributed by atoms with E-state index in [0.717, 1.165) is 14.5 Å². The summed E-state index contributed by atoms with van der Waals surface area (Å²) in [5.74, 6) is 0.0464. The lowest BCUT2D eigenvalue weighted by atomic mass is 9.79. The Morgan fingerprint density at radius 2 is 0.891 bits per heavy atom. The van der Waals surface area contributed by atoms with E-state index in [1.807, 2.05) is 34.6 Å². The number of phenolic OH excluding ortho intramolecular Hbond substituents is 4. The molecule has 0 heterocycles. The molecule has 314 valence electrons. The van der Waals surface area contributed by atoms with Crippen molar-refractivity contribution < 1.29 is 54.3 Å². The van der Waals surface area contributed by atoms with Gasteiger partial charge in [-0.1, -0.05) is 122 Å². The molecule has 0 atom stereocenters. The second-order valence-electron chi connectivity index (χ2n) is 8.82. The molecule has 55 heavy (non-hydrogen) atoms. The third-order valence-corrected chi connectivity index (χ3v) is 6.56. The number of aryl methyl sites for hydroxylation is 1. The number of rotatable bonds is 7. The van der Waals surface area contributed by atoms with Gasteiger partial charge < -0.3 is 39.9 Å². The zero-order chi connectivity index (χ0) is 38.1. The minimum atomic E-state index is -1.62. The molecular weight excluding hydrogens is 839 g/mol. The number of phenols is 4. The number of carbonyl (C=O) groups excluding carboxylic acids is 3. The molecule has 6 N–H and O–H groups in total. The van der Waals surface area contributed by atoms with Crippen LogP contribution in [-0.4, -0.2) is 70.7 Å². The third kappa shape index (κ3) is 26.4. The molecular formula is C41H67BBr2O11. The number of hydrogen-bond donors (Lipinski definition) is 6. The van der Waals surface area contributed by atoms with Crippen LogP contribution in [0.25, 0.3) is 0 Å². The molecule has 0 aliphatic heterocycles. The van der Waals surface area contributed by atoms with Gasteiger partial charge in [0.05, 0.1) is 22.3 Å². The Balaban J connectivity index is -0.0000000839. The smallest absolute Gasteiger partial charge is 0.488 e. The van der Waals surface area contributed by atoms with Crippen LogP contribution < -0.4 is 5.46 Å². The van der Waals surface area contributed by atoms with Crippen molar-refractivity contribution in [3.05, 3.63) is 110 Å². The van der Waals surface area contributed by atoms with E-state index in [4.69, 9.17) is 34.8 Å². The predicted octanol–water partition coefficient (Wildman–Crippen LogP) is 10.7. The van der Waals surface area contributed by atoms with E-state index in [1.54, 1.807) is 42.5 Å². The fourth-order valence-corrected chi connectivity index (χ4v) is 4.04. The highest BCUT2D eigenvalue weighted by molar-refractivity contribution is 9.10. The lowest BCUT2D eigenvalue weighted by Crippen LogP contribution is -2.29. The molecule has 0 unspecified atom stereocenters. The topological polar surface area (TPSA) is 191 Å². The number of benzene rings is 4. The molecule has 0 bridgehead atoms. The van der Waals surface area contributed by atoms with Crippen molar-refractivity contribution in [2.75, 3.05) is 14.2 Å². The minimum absolute atomic E-state index is 0. The summed E-state index contributed by atoms with van der Waals surface area (Å²) in [7, 11) is 1.42. The van der Waals surface area contributed by atoms with Crippen molar-refractivity contribution in [3.63, 3.8) is 0 Å². The average molecular weight is 907 g/mol. The summed E-state index contributed by atoms with van der Waals surface area (Å²) in [6, 6.07) is 18.5. The van der Waals surface area contributed by atoms with Crippen molar-refractivity contribution in [3.8, 4) is 23.0 Å². The van der Waals surface area contributed by atoms with Crippen LogP contribution in [0.15, 0.2) is 81.7 Å². The molecule has 0 amide bonds. The van der Waals surface area contributed by atoms with Crippen molar-refractivity contribution >= 4 is 63.3 Å². The van der Waals surface area contributed by atoms with Gasteiger partial charge in [-0.15, -0.1) is 0 Å². The second-order valence-corrected chi connectivity index (χ2v) is 10.6. The molecule has 4 aromatic rings. The molecule has 4 rings (SSSR count). The summed E-state index contributed by atoms with van der Waals surface area (Å²) in [6.07, 6.45) is 1.17. The summed E-state index contributed by atoms with van der Waals surface area (Å²) < 4.78 is 11.7. The Labute approximate surface area is 348 Å². The van der Waals surface area contributed by atoms with E-state index in [9.17, 15) is 19.5 Å². The first-order valence-corrected chi connectivity index (χ1v) is 16.3. The molecule has 0 aliphatic carbocycles. The molecule has 0 saturated carbocycles. The first kappa shape index (κ1) is 68.9. The molecule has 11 nitrogen and oxygen atoms in total. The number of methoxy groups -OCH3 is 2. The number of halogens is 2. The van der Waals surface area contributed by atoms with Crippen molar-refractivity contribution in [2.45, 2.75) is 85.5 Å². The van der Waals surface area contributed by atoms with Crippen molar-refractivity contribution in [1.29, 1.82) is 0 Å². The van der Waals surface area contributed by atoms with Crippen LogP contribution in [0.1, 0.15) is 121 Å². The molecule has 14 heteroatoms. The fourth-order valence-electron chi connectivity index (χ4n) is 3.28. The Bertz CT molecular complexity index is 1510. The highest BCUT2D eigenvalue weighted by Gasteiger charge is 2.14. The van der Waals surface area contributed by atoms with Crippen LogP contribution in [-0.2, 0) is 9.47 Å². The van der Waals surface area contributed by atoms with E-state index in [0.29, 0.717) is 35.5 Å². The monoisotopic (exact) mass is 904 g/mol. The van der Waals surface area contributed by atoms with Gasteiger partial charge in [0.1, 0.15) is 23.0 Å². The maximum atomic E-state index is 10.3. The average Bonchev–Trinajstić information content (AvgIpc) is 3.11. The van der Waals surface area contributed by atoms with Gasteiger partial charge in [-0.25, -0.2) is 0 Å². The maximum Gasteiger partial charge on any atom is 0.488 e. The van der Waals surface area contributed by atoms with Crippen LogP contribution in [0.3, 0.4) is 0 Å². The highest BCUT2D eigenvalue weighted by atomic mass is 79.9.